The number of nitrogens with zero attached hydrogens (tertiary/aromatic N) is 4. The zero-order valence-corrected chi connectivity index (χ0v) is 21.8. The minimum atomic E-state index is -0.245. The molecule has 5 rings (SSSR count). The second-order valence-electron chi connectivity index (χ2n) is 9.91. The number of hydrogen-bond acceptors (Lipinski definition) is 8. The fraction of sp³-hybridized carbons (Fsp3) is 0.345. The van der Waals surface area contributed by atoms with Gasteiger partial charge in [0.25, 0.3) is 5.56 Å². The van der Waals surface area contributed by atoms with Gasteiger partial charge >= 0.3 is 0 Å². The van der Waals surface area contributed by atoms with E-state index in [9.17, 15) is 4.79 Å². The molecular formula is C29H35N7O2. The van der Waals surface area contributed by atoms with Crippen molar-refractivity contribution in [2.24, 2.45) is 5.73 Å². The minimum Gasteiger partial charge on any atom is -0.398 e. The van der Waals surface area contributed by atoms with Gasteiger partial charge in [-0.2, -0.15) is 0 Å². The maximum absolute atomic E-state index is 12.8. The van der Waals surface area contributed by atoms with Crippen LogP contribution in [0.5, 0.6) is 0 Å². The normalized spacial score (nSPS) is 17.4. The van der Waals surface area contributed by atoms with E-state index < -0.39 is 0 Å². The molecule has 0 aliphatic carbocycles. The number of likely N-dealkylation sites (tertiary alicyclic amines) is 1. The van der Waals surface area contributed by atoms with Gasteiger partial charge < -0.3 is 30.6 Å². The highest BCUT2D eigenvalue weighted by molar-refractivity contribution is 5.86. The molecule has 3 aromatic rings. The highest BCUT2D eigenvalue weighted by Gasteiger charge is 2.18. The van der Waals surface area contributed by atoms with E-state index in [2.05, 4.69) is 55.8 Å². The van der Waals surface area contributed by atoms with Gasteiger partial charge in [0.1, 0.15) is 0 Å². The molecule has 0 radical (unpaired) electrons. The number of benzene rings is 1. The van der Waals surface area contributed by atoms with E-state index in [0.717, 1.165) is 31.9 Å². The summed E-state index contributed by atoms with van der Waals surface area (Å²) in [5.41, 5.74) is 11.1. The first-order valence-corrected chi connectivity index (χ1v) is 13.1. The molecular weight excluding hydrogens is 478 g/mol. The number of pyridine rings is 1. The molecule has 0 bridgehead atoms. The third-order valence-electron chi connectivity index (χ3n) is 7.27. The predicted octanol–water partition coefficient (Wildman–Crippen LogP) is 3.35. The number of piperidine rings is 1. The predicted molar refractivity (Wildman–Crippen MR) is 153 cm³/mol. The number of aromatic nitrogens is 3. The van der Waals surface area contributed by atoms with Crippen molar-refractivity contribution in [3.8, 4) is 0 Å². The maximum atomic E-state index is 12.8. The number of nitrogens with one attached hydrogen (secondary N) is 2. The van der Waals surface area contributed by atoms with Crippen LogP contribution in [-0.2, 0) is 4.74 Å². The van der Waals surface area contributed by atoms with Crippen molar-refractivity contribution in [1.29, 1.82) is 0 Å². The van der Waals surface area contributed by atoms with Crippen molar-refractivity contribution in [2.45, 2.75) is 18.8 Å². The molecule has 0 spiro atoms. The Morgan fingerprint density at radius 2 is 1.79 bits per heavy atom. The molecule has 4 heterocycles. The van der Waals surface area contributed by atoms with Gasteiger partial charge in [0.05, 0.1) is 18.8 Å². The number of ether oxygens (including phenoxy) is 1. The summed E-state index contributed by atoms with van der Waals surface area (Å²) in [6.45, 7) is 9.26. The van der Waals surface area contributed by atoms with Crippen molar-refractivity contribution in [2.75, 3.05) is 56.7 Å². The lowest BCUT2D eigenvalue weighted by Crippen LogP contribution is -2.37. The molecule has 4 N–H and O–H groups in total. The molecule has 198 valence electrons. The van der Waals surface area contributed by atoms with Crippen LogP contribution in [0.2, 0.25) is 0 Å². The lowest BCUT2D eigenvalue weighted by Gasteiger charge is -2.29. The summed E-state index contributed by atoms with van der Waals surface area (Å²) in [6, 6.07) is 10.2. The van der Waals surface area contributed by atoms with Crippen LogP contribution in [0.1, 0.15) is 41.0 Å². The average Bonchev–Trinajstić information content (AvgIpc) is 2.94. The number of aromatic amines is 1. The van der Waals surface area contributed by atoms with Crippen molar-refractivity contribution < 1.29 is 4.74 Å². The van der Waals surface area contributed by atoms with E-state index in [0.29, 0.717) is 53.2 Å². The summed E-state index contributed by atoms with van der Waals surface area (Å²) in [5.74, 6) is 1.24. The Bertz CT molecular complexity index is 1330. The van der Waals surface area contributed by atoms with Gasteiger partial charge in [-0.3, -0.25) is 4.79 Å². The Labute approximate surface area is 223 Å². The molecule has 0 unspecified atom stereocenters. The summed E-state index contributed by atoms with van der Waals surface area (Å²) in [6.07, 6.45) is 9.12. The summed E-state index contributed by atoms with van der Waals surface area (Å²) in [5, 5.41) is 3.30. The van der Waals surface area contributed by atoms with Crippen molar-refractivity contribution >= 4 is 29.1 Å². The molecule has 2 aromatic heterocycles. The standard InChI is InChI=1S/C29H35N7O2/c1-20(34-25-5-3-21(4-6-25)22-8-11-35(2)12-9-22)27-23(7-10-31-28(27)37)17-26(30)24-18-32-29(33-19-24)36-13-15-38-16-14-36/h3-7,10,17-19,22,34H,1,8-9,11-16,30H2,2H3,(H,31,37)/b26-17-. The number of hydrogen-bond donors (Lipinski definition) is 3. The zero-order valence-electron chi connectivity index (χ0n) is 21.8. The Hall–Kier alpha value is -3.95. The summed E-state index contributed by atoms with van der Waals surface area (Å²) < 4.78 is 5.39. The smallest absolute Gasteiger partial charge is 0.257 e. The topological polar surface area (TPSA) is 112 Å². The van der Waals surface area contributed by atoms with Crippen molar-refractivity contribution in [3.63, 3.8) is 0 Å². The van der Waals surface area contributed by atoms with E-state index >= 15 is 0 Å². The van der Waals surface area contributed by atoms with Crippen molar-refractivity contribution in [3.05, 3.63) is 88.1 Å². The highest BCUT2D eigenvalue weighted by atomic mass is 16.5. The van der Waals surface area contributed by atoms with Gasteiger partial charge in [0.15, 0.2) is 0 Å². The van der Waals surface area contributed by atoms with Gasteiger partial charge in [-0.25, -0.2) is 9.97 Å². The van der Waals surface area contributed by atoms with E-state index in [1.54, 1.807) is 24.7 Å². The molecule has 0 saturated carbocycles. The van der Waals surface area contributed by atoms with Crippen LogP contribution in [0, 0.1) is 0 Å². The molecule has 9 heteroatoms. The summed E-state index contributed by atoms with van der Waals surface area (Å²) >= 11 is 0. The SMILES string of the molecule is C=C(Nc1ccc(C2CCN(C)CC2)cc1)c1c(/C=C(\N)c2cnc(N3CCOCC3)nc2)cc[nH]c1=O. The van der Waals surface area contributed by atoms with E-state index in [1.807, 2.05) is 18.2 Å². The molecule has 0 atom stereocenters. The fourth-order valence-corrected chi connectivity index (χ4v) is 4.99. The first-order chi connectivity index (χ1) is 18.5. The molecule has 1 aromatic carbocycles. The Morgan fingerprint density at radius 3 is 2.47 bits per heavy atom. The monoisotopic (exact) mass is 513 g/mol. The zero-order chi connectivity index (χ0) is 26.5. The van der Waals surface area contributed by atoms with Crippen LogP contribution < -0.4 is 21.5 Å². The van der Waals surface area contributed by atoms with Gasteiger partial charge in [-0.1, -0.05) is 18.7 Å². The lowest BCUT2D eigenvalue weighted by atomic mass is 9.89. The van der Waals surface area contributed by atoms with E-state index in [4.69, 9.17) is 10.5 Å². The van der Waals surface area contributed by atoms with Gasteiger partial charge in [0, 0.05) is 54.3 Å². The van der Waals surface area contributed by atoms with Crippen LogP contribution in [0.15, 0.2) is 60.3 Å². The number of H-pyrrole nitrogens is 1. The highest BCUT2D eigenvalue weighted by Crippen LogP contribution is 2.29. The van der Waals surface area contributed by atoms with Crippen molar-refractivity contribution in [1.82, 2.24) is 19.9 Å². The van der Waals surface area contributed by atoms with Gasteiger partial charge in [0.2, 0.25) is 5.95 Å². The molecule has 9 nitrogen and oxygen atoms in total. The molecule has 2 aliphatic heterocycles. The Kier molecular flexibility index (Phi) is 7.86. The number of anilines is 2. The molecule has 38 heavy (non-hydrogen) atoms. The lowest BCUT2D eigenvalue weighted by molar-refractivity contribution is 0.122. The summed E-state index contributed by atoms with van der Waals surface area (Å²) in [4.78, 5) is 29.0. The Morgan fingerprint density at radius 1 is 1.11 bits per heavy atom. The fourth-order valence-electron chi connectivity index (χ4n) is 4.99. The minimum absolute atomic E-state index is 0.245. The van der Waals surface area contributed by atoms with Crippen LogP contribution in [-0.4, -0.2) is 66.3 Å². The largest absolute Gasteiger partial charge is 0.398 e. The number of rotatable bonds is 7. The maximum Gasteiger partial charge on any atom is 0.257 e. The molecule has 0 amide bonds. The van der Waals surface area contributed by atoms with Crippen LogP contribution in [0.4, 0.5) is 11.6 Å². The first-order valence-electron chi connectivity index (χ1n) is 13.1. The molecule has 2 saturated heterocycles. The van der Waals surface area contributed by atoms with Crippen LogP contribution in [0.3, 0.4) is 0 Å². The summed E-state index contributed by atoms with van der Waals surface area (Å²) in [7, 11) is 2.17. The van der Waals surface area contributed by atoms with E-state index in [1.165, 1.54) is 18.4 Å². The first kappa shape index (κ1) is 25.7. The third-order valence-corrected chi connectivity index (χ3v) is 7.27. The number of morpholine rings is 1. The van der Waals surface area contributed by atoms with Crippen LogP contribution >= 0.6 is 0 Å². The number of nitrogens with two attached hydrogens (primary N) is 1. The van der Waals surface area contributed by atoms with Gasteiger partial charge in [-0.15, -0.1) is 0 Å². The average molecular weight is 514 g/mol. The second-order valence-corrected chi connectivity index (χ2v) is 9.91. The van der Waals surface area contributed by atoms with Gasteiger partial charge in [-0.05, 0) is 74.3 Å². The quantitative estimate of drug-likeness (QED) is 0.441. The van der Waals surface area contributed by atoms with Crippen LogP contribution in [0.25, 0.3) is 17.5 Å². The third kappa shape index (κ3) is 5.95. The Balaban J connectivity index is 1.31. The van der Waals surface area contributed by atoms with E-state index in [-0.39, 0.29) is 5.56 Å². The molecule has 2 aliphatic rings. The molecule has 2 fully saturated rings. The second kappa shape index (κ2) is 11.6.